The van der Waals surface area contributed by atoms with Crippen LogP contribution in [0.3, 0.4) is 0 Å². The van der Waals surface area contributed by atoms with Gasteiger partial charge in [-0.15, -0.1) is 0 Å². The van der Waals surface area contributed by atoms with Gasteiger partial charge in [0.05, 0.1) is 29.1 Å². The molecule has 26 heavy (non-hydrogen) atoms. The third-order valence-electron chi connectivity index (χ3n) is 4.32. The zero-order chi connectivity index (χ0) is 18.6. The molecule has 0 spiro atoms. The Hall–Kier alpha value is -2.29. The summed E-state index contributed by atoms with van der Waals surface area (Å²) in [5.74, 6) is 0.128. The van der Waals surface area contributed by atoms with E-state index in [9.17, 15) is 18.5 Å². The van der Waals surface area contributed by atoms with E-state index in [1.807, 2.05) is 30.3 Å². The molecule has 1 aliphatic carbocycles. The predicted molar refractivity (Wildman–Crippen MR) is 94.0 cm³/mol. The van der Waals surface area contributed by atoms with E-state index in [0.29, 0.717) is 6.61 Å². The third kappa shape index (κ3) is 4.66. The van der Waals surface area contributed by atoms with Crippen LogP contribution in [0.25, 0.3) is 0 Å². The highest BCUT2D eigenvalue weighted by Gasteiger charge is 2.31. The highest BCUT2D eigenvalue weighted by molar-refractivity contribution is 7.86. The van der Waals surface area contributed by atoms with Crippen LogP contribution in [0.4, 0.5) is 5.69 Å². The molecule has 0 saturated heterocycles. The van der Waals surface area contributed by atoms with Crippen molar-refractivity contribution in [3.05, 3.63) is 70.3 Å². The molecule has 2 aromatic carbocycles. The summed E-state index contributed by atoms with van der Waals surface area (Å²) >= 11 is 0. The van der Waals surface area contributed by atoms with Gasteiger partial charge in [0.1, 0.15) is 0 Å². The molecule has 0 aliphatic heterocycles. The van der Waals surface area contributed by atoms with Crippen molar-refractivity contribution in [1.29, 1.82) is 0 Å². The van der Waals surface area contributed by atoms with Crippen LogP contribution in [0.2, 0.25) is 0 Å². The van der Waals surface area contributed by atoms with E-state index in [-0.39, 0.29) is 29.2 Å². The van der Waals surface area contributed by atoms with Crippen molar-refractivity contribution in [3.63, 3.8) is 0 Å². The summed E-state index contributed by atoms with van der Waals surface area (Å²) in [6, 6.07) is 14.5. The first kappa shape index (κ1) is 18.5. The topological polar surface area (TPSA) is 95.7 Å². The molecule has 8 heteroatoms. The minimum Gasteiger partial charge on any atom is -0.374 e. The van der Waals surface area contributed by atoms with Crippen molar-refractivity contribution < 1.29 is 22.3 Å². The predicted octanol–water partition coefficient (Wildman–Crippen LogP) is 3.30. The fourth-order valence-corrected chi connectivity index (χ4v) is 3.70. The molecule has 0 N–H and O–H groups in total. The maximum Gasteiger partial charge on any atom is 0.296 e. The second kappa shape index (κ2) is 7.94. The smallest absolute Gasteiger partial charge is 0.296 e. The van der Waals surface area contributed by atoms with Crippen LogP contribution < -0.4 is 0 Å². The normalized spacial score (nSPS) is 19.7. The minimum absolute atomic E-state index is 0.0840. The lowest BCUT2D eigenvalue weighted by Gasteiger charge is -2.34. The van der Waals surface area contributed by atoms with E-state index >= 15 is 0 Å². The van der Waals surface area contributed by atoms with Crippen LogP contribution in [0.5, 0.6) is 0 Å². The van der Waals surface area contributed by atoms with Crippen molar-refractivity contribution >= 4 is 15.8 Å². The fourth-order valence-electron chi connectivity index (χ4n) is 2.72. The number of non-ortho nitro benzene ring substituents is 1. The van der Waals surface area contributed by atoms with Gasteiger partial charge in [-0.1, -0.05) is 30.3 Å². The summed E-state index contributed by atoms with van der Waals surface area (Å²) in [6.07, 6.45) is 1.62. The minimum atomic E-state index is -3.91. The Morgan fingerprint density at radius 3 is 2.31 bits per heavy atom. The highest BCUT2D eigenvalue weighted by Crippen LogP contribution is 2.32. The Kier molecular flexibility index (Phi) is 5.65. The van der Waals surface area contributed by atoms with Gasteiger partial charge in [0.2, 0.25) is 0 Å². The van der Waals surface area contributed by atoms with Crippen LogP contribution in [-0.4, -0.2) is 26.1 Å². The summed E-state index contributed by atoms with van der Waals surface area (Å²) in [4.78, 5) is 9.94. The van der Waals surface area contributed by atoms with Crippen LogP contribution >= 0.6 is 0 Å². The number of benzene rings is 2. The molecule has 1 fully saturated rings. The van der Waals surface area contributed by atoms with Gasteiger partial charge in [-0.25, -0.2) is 0 Å². The van der Waals surface area contributed by atoms with Gasteiger partial charge in [0.15, 0.2) is 0 Å². The van der Waals surface area contributed by atoms with Crippen molar-refractivity contribution in [1.82, 2.24) is 0 Å². The van der Waals surface area contributed by atoms with E-state index < -0.39 is 15.0 Å². The Morgan fingerprint density at radius 2 is 1.69 bits per heavy atom. The quantitative estimate of drug-likeness (QED) is 0.398. The summed E-state index contributed by atoms with van der Waals surface area (Å²) in [7, 11) is -3.91. The average molecular weight is 377 g/mol. The Bertz CT molecular complexity index is 845. The van der Waals surface area contributed by atoms with Crippen molar-refractivity contribution in [2.24, 2.45) is 5.92 Å². The van der Waals surface area contributed by atoms with Crippen LogP contribution in [-0.2, 0) is 25.6 Å². The number of hydrogen-bond acceptors (Lipinski definition) is 6. The van der Waals surface area contributed by atoms with Crippen molar-refractivity contribution in [3.8, 4) is 0 Å². The van der Waals surface area contributed by atoms with Crippen LogP contribution in [0, 0.1) is 16.0 Å². The Labute approximate surface area is 151 Å². The van der Waals surface area contributed by atoms with Gasteiger partial charge < -0.3 is 4.74 Å². The van der Waals surface area contributed by atoms with Crippen LogP contribution in [0.15, 0.2) is 59.5 Å². The lowest BCUT2D eigenvalue weighted by Crippen LogP contribution is -2.34. The van der Waals surface area contributed by atoms with E-state index in [0.717, 1.165) is 30.5 Å². The second-order valence-electron chi connectivity index (χ2n) is 6.25. The summed E-state index contributed by atoms with van der Waals surface area (Å²) in [5, 5.41) is 10.6. The largest absolute Gasteiger partial charge is 0.374 e. The molecule has 0 bridgehead atoms. The molecular weight excluding hydrogens is 358 g/mol. The van der Waals surface area contributed by atoms with E-state index in [2.05, 4.69) is 0 Å². The molecule has 0 atom stereocenters. The molecular formula is C18H19NO6S. The zero-order valence-electron chi connectivity index (χ0n) is 14.0. The molecule has 0 radical (unpaired) electrons. The van der Waals surface area contributed by atoms with E-state index in [1.165, 1.54) is 12.1 Å². The molecule has 7 nitrogen and oxygen atoms in total. The molecule has 1 saturated carbocycles. The van der Waals surface area contributed by atoms with Gasteiger partial charge in [-0.3, -0.25) is 14.3 Å². The Morgan fingerprint density at radius 1 is 1.04 bits per heavy atom. The average Bonchev–Trinajstić information content (AvgIpc) is 2.61. The lowest BCUT2D eigenvalue weighted by molar-refractivity contribution is -0.384. The maximum absolute atomic E-state index is 12.1. The number of hydrogen-bond donors (Lipinski definition) is 0. The molecule has 3 rings (SSSR count). The molecule has 138 valence electrons. The first-order valence-electron chi connectivity index (χ1n) is 8.23. The van der Waals surface area contributed by atoms with E-state index in [4.69, 9.17) is 8.92 Å². The Balaban J connectivity index is 1.42. The van der Waals surface area contributed by atoms with Gasteiger partial charge in [0.25, 0.3) is 15.8 Å². The number of nitro groups is 1. The first-order chi connectivity index (χ1) is 12.4. The zero-order valence-corrected chi connectivity index (χ0v) is 14.8. The van der Waals surface area contributed by atoms with Crippen molar-refractivity contribution in [2.75, 3.05) is 6.61 Å². The SMILES string of the molecule is O=[N+]([O-])c1ccc(S(=O)(=O)OCC2CC(OCc3ccccc3)C2)cc1. The number of ether oxygens (including phenoxy) is 1. The molecule has 0 amide bonds. The summed E-state index contributed by atoms with van der Waals surface area (Å²) in [5.41, 5.74) is 0.939. The lowest BCUT2D eigenvalue weighted by atomic mass is 9.83. The molecule has 0 aromatic heterocycles. The summed E-state index contributed by atoms with van der Waals surface area (Å²) < 4.78 is 35.1. The first-order valence-corrected chi connectivity index (χ1v) is 9.64. The van der Waals surface area contributed by atoms with Gasteiger partial charge in [-0.2, -0.15) is 8.42 Å². The van der Waals surface area contributed by atoms with Gasteiger partial charge in [0, 0.05) is 12.1 Å². The molecule has 0 heterocycles. The molecule has 2 aromatic rings. The second-order valence-corrected chi connectivity index (χ2v) is 7.86. The third-order valence-corrected chi connectivity index (χ3v) is 5.61. The summed E-state index contributed by atoms with van der Waals surface area (Å²) in [6.45, 7) is 0.630. The van der Waals surface area contributed by atoms with E-state index in [1.54, 1.807) is 0 Å². The van der Waals surface area contributed by atoms with Gasteiger partial charge >= 0.3 is 0 Å². The maximum atomic E-state index is 12.1. The van der Waals surface area contributed by atoms with Crippen molar-refractivity contribution in [2.45, 2.75) is 30.4 Å². The number of nitrogens with zero attached hydrogens (tertiary/aromatic N) is 1. The van der Waals surface area contributed by atoms with Gasteiger partial charge in [-0.05, 0) is 36.5 Å². The molecule has 1 aliphatic rings. The highest BCUT2D eigenvalue weighted by atomic mass is 32.2. The van der Waals surface area contributed by atoms with Crippen LogP contribution in [0.1, 0.15) is 18.4 Å². The number of nitro benzene ring substituents is 1. The molecule has 0 unspecified atom stereocenters. The fraction of sp³-hybridized carbons (Fsp3) is 0.333. The standard InChI is InChI=1S/C18H19NO6S/c20-19(21)16-6-8-18(9-7-16)26(22,23)25-13-15-10-17(11-15)24-12-14-4-2-1-3-5-14/h1-9,15,17H,10-13H2. The monoisotopic (exact) mass is 377 g/mol. The number of rotatable bonds is 8.